The predicted molar refractivity (Wildman–Crippen MR) is 482 cm³/mol. The van der Waals surface area contributed by atoms with Gasteiger partial charge in [-0.25, -0.2) is 0 Å². The lowest BCUT2D eigenvalue weighted by molar-refractivity contribution is 1.17. The monoisotopic (exact) mass is 1500 g/mol. The lowest BCUT2D eigenvalue weighted by atomic mass is 10.0. The van der Waals surface area contributed by atoms with Crippen LogP contribution in [0.3, 0.4) is 0 Å². The first-order chi connectivity index (χ1) is 74.4. The molecule has 0 saturated carbocycles. The van der Waals surface area contributed by atoms with Gasteiger partial charge in [-0.05, 0) is 179 Å². The molecule has 0 saturated heterocycles. The molecule has 0 N–H and O–H groups in total. The van der Waals surface area contributed by atoms with Crippen LogP contribution in [0.5, 0.6) is 0 Å². The summed E-state index contributed by atoms with van der Waals surface area (Å²) in [5, 5.41) is 2.08. The van der Waals surface area contributed by atoms with E-state index in [0.717, 1.165) is 81.3 Å². The number of fused-ring (bicyclic) bond motifs is 18. The second kappa shape index (κ2) is 27.4. The van der Waals surface area contributed by atoms with Gasteiger partial charge in [0.15, 0.2) is 0 Å². The summed E-state index contributed by atoms with van der Waals surface area (Å²) in [5.74, 6) is 0. The van der Waals surface area contributed by atoms with E-state index in [9.17, 15) is 1.37 Å². The van der Waals surface area contributed by atoms with Crippen LogP contribution in [0.1, 0.15) is 58.9 Å². The van der Waals surface area contributed by atoms with Crippen molar-refractivity contribution in [3.63, 3.8) is 0 Å². The van der Waals surface area contributed by atoms with Crippen LogP contribution in [0, 0.1) is 0 Å². The Balaban J connectivity index is 0.000000134. The van der Waals surface area contributed by atoms with Gasteiger partial charge in [0.25, 0.3) is 0 Å². The zero-order chi connectivity index (χ0) is 113. The van der Waals surface area contributed by atoms with Gasteiger partial charge in [0.05, 0.1) is 125 Å². The highest BCUT2D eigenvalue weighted by Crippen LogP contribution is 2.42. The number of aromatic nitrogens is 6. The van der Waals surface area contributed by atoms with Crippen LogP contribution in [-0.2, 0) is 0 Å². The highest BCUT2D eigenvalue weighted by Gasteiger charge is 2.20. The van der Waals surface area contributed by atoms with Crippen LogP contribution in [0.4, 0.5) is 0 Å². The van der Waals surface area contributed by atoms with E-state index in [-0.39, 0.29) is 54.4 Å². The van der Waals surface area contributed by atoms with Crippen LogP contribution in [-0.4, -0.2) is 27.4 Å². The van der Waals surface area contributed by atoms with Crippen molar-refractivity contribution < 1.29 is 58.9 Å². The van der Waals surface area contributed by atoms with E-state index < -0.39 is 291 Å². The topological polar surface area (TPSA) is 29.6 Å². The maximum absolute atomic E-state index is 9.56. The fourth-order valence-electron chi connectivity index (χ4n) is 15.3. The second-order valence-electron chi connectivity index (χ2n) is 26.3. The molecule has 6 aromatic heterocycles. The van der Waals surface area contributed by atoms with Crippen molar-refractivity contribution in [2.45, 2.75) is 0 Å². The van der Waals surface area contributed by atoms with Crippen LogP contribution in [0.25, 0.3) is 198 Å². The Bertz CT molecular complexity index is 9860. The minimum atomic E-state index is -0.944. The van der Waals surface area contributed by atoms with Gasteiger partial charge >= 0.3 is 0 Å². The summed E-state index contributed by atoms with van der Waals surface area (Å²) in [4.78, 5) is 0. The third kappa shape index (κ3) is 10.9. The number of hydrogen-bond donors (Lipinski definition) is 0. The molecule has 0 amide bonds. The largest absolute Gasteiger partial charge is 0.309 e. The molecule has 0 aliphatic heterocycles. The summed E-state index contributed by atoms with van der Waals surface area (Å²) in [5.41, 5.74) is 5.31. The normalized spacial score (nSPS) is 17.0. The molecule has 0 bridgehead atoms. The average Bonchev–Trinajstić information content (AvgIpc) is 1.60. The van der Waals surface area contributed by atoms with E-state index in [2.05, 4.69) is 57.7 Å². The summed E-state index contributed by atoms with van der Waals surface area (Å²) < 4.78 is 380. The molecule has 534 valence electrons. The van der Waals surface area contributed by atoms with E-state index in [1.807, 2.05) is 72.8 Å². The van der Waals surface area contributed by atoms with E-state index in [1.165, 1.54) is 9.13 Å². The molecule has 0 unspecified atom stereocenters. The molecule has 24 rings (SSSR count). The fraction of sp³-hybridized carbons (Fsp3) is 0. The van der Waals surface area contributed by atoms with Gasteiger partial charge in [0.2, 0.25) is 0 Å². The maximum atomic E-state index is 9.56. The molecular formula is C108H72N6. The van der Waals surface area contributed by atoms with E-state index in [4.69, 9.17) is 57.6 Å². The maximum Gasteiger partial charge on any atom is 0.0651 e. The van der Waals surface area contributed by atoms with Crippen molar-refractivity contribution in [3.05, 3.63) is 436 Å². The third-order valence-corrected chi connectivity index (χ3v) is 20.1. The van der Waals surface area contributed by atoms with Crippen molar-refractivity contribution in [1.82, 2.24) is 27.4 Å². The predicted octanol–water partition coefficient (Wildman–Crippen LogP) is 28.6. The zero-order valence-electron chi connectivity index (χ0n) is 102. The SMILES string of the molecule is [2H]c1c(-c2c([2H])c([2H])c([2H])c(-n3c4c([2H])c([2H])c([2H])c([2H])c4c4c([2H])c([2H])c([2H])c([2H])c43)c2[2H])cc(-n2c3c([2H])c([2H])c([2H])c([2H])c3c3c([2H])c([2H])c([2H])c([2H])c32)c([2H])c1[2H].[2H]c1c([2H])c([2H])c2c(c1[2H])c1c([2H])c([2H])c([2H])c([2H])c1n2-c1cccc(-c2cccc(-n3c4c([2H])c([2H])c([2H])c([2H])c4c4c([2H])c([2H])c([2H])c([2H])c43)c2)c1.[2H]c1ccc2c(c1)c1cc([2H])ccc1n2-c1cccc(-c2cccc(-n3c4ccc([2H])cc4c4cc([2H])ccc43)c2)c1. The molecule has 6 heteroatoms. The number of nitrogens with zero attached hydrogens (tertiary/aromatic N) is 6. The number of benzene rings is 18. The first-order valence-corrected chi connectivity index (χ1v) is 35.6. The summed E-state index contributed by atoms with van der Waals surface area (Å²) in [6.45, 7) is 0. The molecule has 18 aromatic carbocycles. The zero-order valence-corrected chi connectivity index (χ0v) is 58.9. The Kier molecular flexibility index (Phi) is 8.56. The summed E-state index contributed by atoms with van der Waals surface area (Å²) >= 11 is 0. The number of rotatable bonds is 9. The van der Waals surface area contributed by atoms with Gasteiger partial charge in [-0.2, -0.15) is 0 Å². The molecule has 0 radical (unpaired) electrons. The van der Waals surface area contributed by atoms with Gasteiger partial charge in [-0.3, -0.25) is 0 Å². The van der Waals surface area contributed by atoms with Crippen LogP contribution < -0.4 is 0 Å². The Morgan fingerprint density at radius 1 is 0.140 bits per heavy atom. The van der Waals surface area contributed by atoms with Crippen LogP contribution in [0.2, 0.25) is 0 Å². The molecule has 0 spiro atoms. The first kappa shape index (κ1) is 35.6. The Morgan fingerprint density at radius 3 is 0.658 bits per heavy atom. The minimum Gasteiger partial charge on any atom is -0.309 e. The standard InChI is InChI=1S/3C36H24N2/c3*1-5-19-33-29(15-1)30-16-2-6-20-34(30)37(33)27-13-9-11-25(23-27)26-12-10-14-28(24-26)38-35-21-7-3-17-31(35)32-18-4-8-22-36(32)38/h3*1-24H/i1D,2D,3D,4D,5D,6D,7D,8D,9D,10D,11D,12D,13D,14D,15D,16D,17D,18D,19D,20D,21D,22D,23D;1D,2D,3D,4D,5D,6D,7D,8D,15D,16D,17D,18D,19D,20D,21D,22D;1D,2D,3D,4D. The van der Waals surface area contributed by atoms with Crippen LogP contribution >= 0.6 is 0 Å². The Morgan fingerprint density at radius 2 is 0.368 bits per heavy atom. The lowest BCUT2D eigenvalue weighted by Crippen LogP contribution is -1.95. The molecule has 0 fully saturated rings. The first-order valence-electron chi connectivity index (χ1n) is 57.1. The molecule has 0 aliphatic carbocycles. The minimum absolute atomic E-state index is 0.0394. The Hall–Kier alpha value is -15.2. The van der Waals surface area contributed by atoms with E-state index in [1.54, 1.807) is 48.5 Å². The van der Waals surface area contributed by atoms with Gasteiger partial charge in [0, 0.05) is 98.8 Å². The second-order valence-corrected chi connectivity index (χ2v) is 26.3. The van der Waals surface area contributed by atoms with Gasteiger partial charge < -0.3 is 27.4 Å². The molecule has 24 aromatic rings. The molecule has 6 heterocycles. The van der Waals surface area contributed by atoms with Crippen molar-refractivity contribution in [2.75, 3.05) is 0 Å². The van der Waals surface area contributed by atoms with Crippen molar-refractivity contribution in [3.8, 4) is 67.5 Å². The third-order valence-electron chi connectivity index (χ3n) is 20.1. The average molecular weight is 1500 g/mol. The molecule has 0 atom stereocenters. The number of para-hydroxylation sites is 12. The van der Waals surface area contributed by atoms with Crippen molar-refractivity contribution in [2.24, 2.45) is 0 Å². The fourth-order valence-corrected chi connectivity index (χ4v) is 15.3. The summed E-state index contributed by atoms with van der Waals surface area (Å²) in [7, 11) is 0. The van der Waals surface area contributed by atoms with Gasteiger partial charge in [-0.15, -0.1) is 0 Å². The van der Waals surface area contributed by atoms with Gasteiger partial charge in [0.1, 0.15) is 0 Å². The lowest BCUT2D eigenvalue weighted by Gasteiger charge is -2.12. The molecular weight excluding hydrogens is 1380 g/mol. The quantitative estimate of drug-likeness (QED) is 0.138. The van der Waals surface area contributed by atoms with E-state index >= 15 is 0 Å². The molecule has 0 aliphatic rings. The van der Waals surface area contributed by atoms with E-state index in [0.29, 0.717) is 46.7 Å². The summed E-state index contributed by atoms with van der Waals surface area (Å²) in [6.07, 6.45) is 0. The smallest absolute Gasteiger partial charge is 0.0651 e. The Labute approximate surface area is 718 Å². The summed E-state index contributed by atoms with van der Waals surface area (Å²) in [6, 6.07) is 29.5. The van der Waals surface area contributed by atoms with Crippen molar-refractivity contribution in [1.29, 1.82) is 0 Å². The highest BCUT2D eigenvalue weighted by atomic mass is 15.0. The molecule has 114 heavy (non-hydrogen) atoms. The van der Waals surface area contributed by atoms with Crippen molar-refractivity contribution >= 4 is 131 Å². The number of hydrogen-bond acceptors (Lipinski definition) is 0. The van der Waals surface area contributed by atoms with Gasteiger partial charge in [-0.1, -0.05) is 290 Å². The highest BCUT2D eigenvalue weighted by molar-refractivity contribution is 6.14. The van der Waals surface area contributed by atoms with Crippen LogP contribution in [0.15, 0.2) is 436 Å². The molecule has 6 nitrogen and oxygen atoms in total.